The predicted molar refractivity (Wildman–Crippen MR) is 93.5 cm³/mol. The van der Waals surface area contributed by atoms with Crippen LogP contribution < -0.4 is 11.1 Å². The molecule has 5 heteroatoms. The summed E-state index contributed by atoms with van der Waals surface area (Å²) in [4.78, 5) is 12.2. The fraction of sp³-hybridized carbons (Fsp3) is 0.611. The molecule has 1 unspecified atom stereocenters. The molecule has 0 heterocycles. The number of benzene rings is 1. The molecule has 1 aromatic rings. The number of halogens is 1. The van der Waals surface area contributed by atoms with Gasteiger partial charge in [-0.2, -0.15) is 0 Å². The lowest BCUT2D eigenvalue weighted by Gasteiger charge is -2.34. The van der Waals surface area contributed by atoms with Crippen LogP contribution in [0.15, 0.2) is 24.3 Å². The van der Waals surface area contributed by atoms with Crippen molar-refractivity contribution in [2.75, 3.05) is 0 Å². The summed E-state index contributed by atoms with van der Waals surface area (Å²) in [6.07, 6.45) is 3.56. The summed E-state index contributed by atoms with van der Waals surface area (Å²) in [5, 5.41) is 3.71. The summed E-state index contributed by atoms with van der Waals surface area (Å²) in [7, 11) is 0. The number of amides is 1. The topological polar surface area (TPSA) is 64.3 Å². The van der Waals surface area contributed by atoms with Crippen molar-refractivity contribution in [2.24, 2.45) is 11.7 Å². The van der Waals surface area contributed by atoms with Gasteiger partial charge in [-0.3, -0.25) is 0 Å². The van der Waals surface area contributed by atoms with Crippen LogP contribution in [0, 0.1) is 5.92 Å². The Morgan fingerprint density at radius 2 is 1.96 bits per heavy atom. The van der Waals surface area contributed by atoms with Crippen LogP contribution in [-0.4, -0.2) is 17.7 Å². The van der Waals surface area contributed by atoms with E-state index in [9.17, 15) is 4.79 Å². The zero-order valence-electron chi connectivity index (χ0n) is 14.1. The Morgan fingerprint density at radius 3 is 2.52 bits per heavy atom. The van der Waals surface area contributed by atoms with Crippen molar-refractivity contribution < 1.29 is 9.53 Å². The van der Waals surface area contributed by atoms with Crippen LogP contribution in [0.5, 0.6) is 0 Å². The molecule has 0 saturated heterocycles. The first kappa shape index (κ1) is 18.1. The van der Waals surface area contributed by atoms with Crippen molar-refractivity contribution >= 4 is 17.7 Å². The molecule has 3 N–H and O–H groups in total. The van der Waals surface area contributed by atoms with Gasteiger partial charge in [0.1, 0.15) is 5.60 Å². The molecule has 1 saturated carbocycles. The van der Waals surface area contributed by atoms with E-state index in [0.717, 1.165) is 31.2 Å². The van der Waals surface area contributed by atoms with Crippen molar-refractivity contribution in [2.45, 2.75) is 64.1 Å². The zero-order valence-corrected chi connectivity index (χ0v) is 14.9. The number of hydrogen-bond acceptors (Lipinski definition) is 3. The van der Waals surface area contributed by atoms with Crippen LogP contribution in [0.2, 0.25) is 5.02 Å². The molecular weight excluding hydrogens is 312 g/mol. The number of nitrogens with two attached hydrogens (primary N) is 1. The maximum Gasteiger partial charge on any atom is 0.408 e. The Bertz CT molecular complexity index is 534. The van der Waals surface area contributed by atoms with E-state index in [1.807, 2.05) is 45.0 Å². The van der Waals surface area contributed by atoms with Gasteiger partial charge in [0.2, 0.25) is 0 Å². The van der Waals surface area contributed by atoms with Gasteiger partial charge in [0.15, 0.2) is 0 Å². The molecule has 1 aromatic carbocycles. The Labute approximate surface area is 143 Å². The van der Waals surface area contributed by atoms with E-state index in [4.69, 9.17) is 22.1 Å². The molecule has 128 valence electrons. The Hall–Kier alpha value is -1.26. The van der Waals surface area contributed by atoms with Crippen molar-refractivity contribution in [1.29, 1.82) is 0 Å². The Balaban J connectivity index is 2.16. The summed E-state index contributed by atoms with van der Waals surface area (Å²) in [6, 6.07) is 7.84. The number of ether oxygens (including phenoxy) is 1. The molecule has 1 aliphatic rings. The highest BCUT2D eigenvalue weighted by Crippen LogP contribution is 2.35. The van der Waals surface area contributed by atoms with Crippen molar-refractivity contribution in [3.8, 4) is 0 Å². The molecule has 0 aromatic heterocycles. The number of hydrogen-bond donors (Lipinski definition) is 2. The lowest BCUT2D eigenvalue weighted by atomic mass is 9.79. The summed E-state index contributed by atoms with van der Waals surface area (Å²) in [5.74, 6) is 0.348. The van der Waals surface area contributed by atoms with Crippen LogP contribution in [0.1, 0.15) is 58.1 Å². The highest BCUT2D eigenvalue weighted by Gasteiger charge is 2.30. The van der Waals surface area contributed by atoms with E-state index >= 15 is 0 Å². The fourth-order valence-corrected chi connectivity index (χ4v) is 3.28. The average Bonchev–Trinajstić information content (AvgIpc) is 2.44. The van der Waals surface area contributed by atoms with Gasteiger partial charge < -0.3 is 15.8 Å². The normalized spacial score (nSPS) is 23.2. The minimum atomic E-state index is -0.516. The maximum atomic E-state index is 12.2. The van der Waals surface area contributed by atoms with Crippen molar-refractivity contribution in [3.63, 3.8) is 0 Å². The standard InChI is InChI=1S/C18H27ClN2O2/c1-18(2,3)23-17(22)21-16(12-7-9-15(20)10-8-12)13-5-4-6-14(19)11-13/h4-6,11-12,15-16H,7-10,20H2,1-3H3,(H,21,22). The van der Waals surface area contributed by atoms with Crippen LogP contribution in [0.4, 0.5) is 4.79 Å². The van der Waals surface area contributed by atoms with Gasteiger partial charge in [-0.1, -0.05) is 23.7 Å². The molecular formula is C18H27ClN2O2. The molecule has 23 heavy (non-hydrogen) atoms. The van der Waals surface area contributed by atoms with Crippen LogP contribution in [0.3, 0.4) is 0 Å². The van der Waals surface area contributed by atoms with Gasteiger partial charge in [0.05, 0.1) is 6.04 Å². The smallest absolute Gasteiger partial charge is 0.408 e. The van der Waals surface area contributed by atoms with E-state index in [-0.39, 0.29) is 12.1 Å². The highest BCUT2D eigenvalue weighted by molar-refractivity contribution is 6.30. The first-order valence-electron chi connectivity index (χ1n) is 8.25. The fourth-order valence-electron chi connectivity index (χ4n) is 3.09. The van der Waals surface area contributed by atoms with Gasteiger partial charge in [-0.15, -0.1) is 0 Å². The maximum absolute atomic E-state index is 12.2. The molecule has 1 atom stereocenters. The van der Waals surface area contributed by atoms with Crippen LogP contribution in [-0.2, 0) is 4.74 Å². The number of nitrogens with one attached hydrogen (secondary N) is 1. The lowest BCUT2D eigenvalue weighted by Crippen LogP contribution is -2.40. The third-order valence-corrected chi connectivity index (χ3v) is 4.40. The number of carbonyl (C=O) groups is 1. The number of alkyl carbamates (subject to hydrolysis) is 1. The second-order valence-corrected chi connectivity index (χ2v) is 7.79. The third-order valence-electron chi connectivity index (χ3n) is 4.17. The lowest BCUT2D eigenvalue weighted by molar-refractivity contribution is 0.0474. The second kappa shape index (κ2) is 7.54. The minimum absolute atomic E-state index is 0.101. The Morgan fingerprint density at radius 1 is 1.30 bits per heavy atom. The zero-order chi connectivity index (χ0) is 17.0. The molecule has 1 amide bonds. The molecule has 2 rings (SSSR count). The van der Waals surface area contributed by atoms with E-state index in [2.05, 4.69) is 5.32 Å². The van der Waals surface area contributed by atoms with Gasteiger partial charge in [-0.05, 0) is 70.1 Å². The van der Waals surface area contributed by atoms with E-state index < -0.39 is 11.7 Å². The average molecular weight is 339 g/mol. The molecule has 0 aliphatic heterocycles. The van der Waals surface area contributed by atoms with Gasteiger partial charge >= 0.3 is 6.09 Å². The van der Waals surface area contributed by atoms with E-state index in [1.165, 1.54) is 0 Å². The molecule has 0 bridgehead atoms. The van der Waals surface area contributed by atoms with Crippen LogP contribution in [0.25, 0.3) is 0 Å². The SMILES string of the molecule is CC(C)(C)OC(=O)NC(c1cccc(Cl)c1)C1CCC(N)CC1. The van der Waals surface area contributed by atoms with Gasteiger partial charge in [0, 0.05) is 11.1 Å². The molecule has 0 radical (unpaired) electrons. The summed E-state index contributed by atoms with van der Waals surface area (Å²) < 4.78 is 5.42. The molecule has 0 spiro atoms. The molecule has 1 aliphatic carbocycles. The number of carbonyl (C=O) groups excluding carboxylic acids is 1. The van der Waals surface area contributed by atoms with Crippen LogP contribution >= 0.6 is 11.6 Å². The summed E-state index contributed by atoms with van der Waals surface area (Å²) in [5.41, 5.74) is 6.51. The first-order valence-corrected chi connectivity index (χ1v) is 8.63. The van der Waals surface area contributed by atoms with Gasteiger partial charge in [0.25, 0.3) is 0 Å². The van der Waals surface area contributed by atoms with E-state index in [0.29, 0.717) is 10.9 Å². The van der Waals surface area contributed by atoms with E-state index in [1.54, 1.807) is 0 Å². The predicted octanol–water partition coefficient (Wildman–Crippen LogP) is 4.42. The summed E-state index contributed by atoms with van der Waals surface area (Å²) >= 11 is 6.13. The number of rotatable bonds is 3. The molecule has 4 nitrogen and oxygen atoms in total. The molecule has 1 fully saturated rings. The largest absolute Gasteiger partial charge is 0.444 e. The van der Waals surface area contributed by atoms with Gasteiger partial charge in [-0.25, -0.2) is 4.79 Å². The van der Waals surface area contributed by atoms with Crippen molar-refractivity contribution in [1.82, 2.24) is 5.32 Å². The first-order chi connectivity index (χ1) is 10.7. The second-order valence-electron chi connectivity index (χ2n) is 7.35. The van der Waals surface area contributed by atoms with Crippen molar-refractivity contribution in [3.05, 3.63) is 34.9 Å². The highest BCUT2D eigenvalue weighted by atomic mass is 35.5. The third kappa shape index (κ3) is 5.70. The monoisotopic (exact) mass is 338 g/mol. The minimum Gasteiger partial charge on any atom is -0.444 e. The summed E-state index contributed by atoms with van der Waals surface area (Å²) in [6.45, 7) is 5.59. The Kier molecular flexibility index (Phi) is 5.93. The quantitative estimate of drug-likeness (QED) is 0.857.